The van der Waals surface area contributed by atoms with Gasteiger partial charge in [-0.05, 0) is 48.1 Å². The first-order valence-corrected chi connectivity index (χ1v) is 15.0. The molecule has 1 aromatic heterocycles. The second-order valence-electron chi connectivity index (χ2n) is 9.84. The average Bonchev–Trinajstić information content (AvgIpc) is 3.33. The van der Waals surface area contributed by atoms with Crippen LogP contribution >= 0.6 is 11.3 Å². The van der Waals surface area contributed by atoms with Crippen molar-refractivity contribution < 1.29 is 23.2 Å². The zero-order chi connectivity index (χ0) is 26.0. The Morgan fingerprint density at radius 2 is 1.62 bits per heavy atom. The highest BCUT2D eigenvalue weighted by molar-refractivity contribution is 7.92. The van der Waals surface area contributed by atoms with E-state index in [1.54, 1.807) is 16.4 Å². The van der Waals surface area contributed by atoms with Gasteiger partial charge in [0.2, 0.25) is 11.8 Å². The van der Waals surface area contributed by atoms with Gasteiger partial charge in [-0.3, -0.25) is 14.8 Å². The van der Waals surface area contributed by atoms with Crippen molar-refractivity contribution in [1.82, 2.24) is 10.4 Å². The monoisotopic (exact) mass is 538 g/mol. The predicted molar refractivity (Wildman–Crippen MR) is 144 cm³/mol. The maximum atomic E-state index is 13.8. The lowest BCUT2D eigenvalue weighted by Crippen LogP contribution is -2.41. The highest BCUT2D eigenvalue weighted by atomic mass is 32.2. The first-order valence-electron chi connectivity index (χ1n) is 12.5. The minimum atomic E-state index is -3.83. The van der Waals surface area contributed by atoms with Crippen molar-refractivity contribution in [3.63, 3.8) is 0 Å². The third kappa shape index (κ3) is 4.95. The fourth-order valence-electron chi connectivity index (χ4n) is 5.20. The van der Waals surface area contributed by atoms with E-state index < -0.39 is 26.9 Å². The molecule has 1 unspecified atom stereocenters. The van der Waals surface area contributed by atoms with Crippen molar-refractivity contribution in [3.8, 4) is 21.6 Å². The third-order valence-electron chi connectivity index (χ3n) is 7.68. The number of hydrogen-bond acceptors (Lipinski definition) is 6. The number of thiophene rings is 1. The summed E-state index contributed by atoms with van der Waals surface area (Å²) in [6.07, 6.45) is 2.42. The SMILES string of the molecule is O=C(CC1(c2ccc(-c3ccc(-c4ccccc4)cc3)s2)CCN(C(=O)C2CCC2)CCS1(=O)=O)NO. The molecule has 0 radical (unpaired) electrons. The number of carbonyl (C=O) groups excluding carboxylic acids is 2. The maximum Gasteiger partial charge on any atom is 0.245 e. The van der Waals surface area contributed by atoms with E-state index in [-0.39, 0.29) is 37.1 Å². The molecule has 2 aromatic carbocycles. The van der Waals surface area contributed by atoms with E-state index in [1.165, 1.54) is 11.3 Å². The smallest absolute Gasteiger partial charge is 0.245 e. The molecule has 7 nitrogen and oxygen atoms in total. The molecular formula is C28H30N2O5S2. The number of carbonyl (C=O) groups is 2. The van der Waals surface area contributed by atoms with Crippen LogP contribution in [0, 0.1) is 5.92 Å². The molecule has 3 aromatic rings. The normalized spacial score (nSPS) is 21.6. The Hall–Kier alpha value is -3.01. The van der Waals surface area contributed by atoms with Gasteiger partial charge in [0, 0.05) is 28.8 Å². The number of nitrogens with zero attached hydrogens (tertiary/aromatic N) is 1. The quantitative estimate of drug-likeness (QED) is 0.352. The number of hydrogen-bond donors (Lipinski definition) is 2. The van der Waals surface area contributed by atoms with E-state index in [0.29, 0.717) is 4.88 Å². The second kappa shape index (κ2) is 10.4. The summed E-state index contributed by atoms with van der Waals surface area (Å²) in [6, 6.07) is 21.8. The van der Waals surface area contributed by atoms with Gasteiger partial charge in [-0.25, -0.2) is 13.9 Å². The summed E-state index contributed by atoms with van der Waals surface area (Å²) in [4.78, 5) is 28.4. The molecule has 37 heavy (non-hydrogen) atoms. The number of rotatable bonds is 6. The molecule has 2 fully saturated rings. The molecule has 5 rings (SSSR count). The van der Waals surface area contributed by atoms with Crippen LogP contribution in [0.4, 0.5) is 0 Å². The molecule has 2 N–H and O–H groups in total. The highest BCUT2D eigenvalue weighted by Crippen LogP contribution is 2.45. The van der Waals surface area contributed by atoms with Gasteiger partial charge in [0.05, 0.1) is 12.2 Å². The summed E-state index contributed by atoms with van der Waals surface area (Å²) in [5.41, 5.74) is 4.76. The number of nitrogens with one attached hydrogen (secondary N) is 1. The summed E-state index contributed by atoms with van der Waals surface area (Å²) in [7, 11) is -3.83. The molecule has 1 saturated heterocycles. The highest BCUT2D eigenvalue weighted by Gasteiger charge is 2.50. The lowest BCUT2D eigenvalue weighted by atomic mass is 9.84. The third-order valence-corrected chi connectivity index (χ3v) is 11.6. The fraction of sp³-hybridized carbons (Fsp3) is 0.357. The van der Waals surface area contributed by atoms with Gasteiger partial charge in [-0.1, -0.05) is 61.0 Å². The minimum Gasteiger partial charge on any atom is -0.341 e. The molecule has 1 aliphatic carbocycles. The second-order valence-corrected chi connectivity index (χ2v) is 13.3. The van der Waals surface area contributed by atoms with Crippen molar-refractivity contribution in [3.05, 3.63) is 71.6 Å². The lowest BCUT2D eigenvalue weighted by Gasteiger charge is -2.32. The Labute approximate surface area is 221 Å². The van der Waals surface area contributed by atoms with Crippen LogP contribution < -0.4 is 5.48 Å². The lowest BCUT2D eigenvalue weighted by molar-refractivity contribution is -0.137. The Kier molecular flexibility index (Phi) is 7.20. The van der Waals surface area contributed by atoms with Crippen molar-refractivity contribution in [2.45, 2.75) is 36.9 Å². The van der Waals surface area contributed by atoms with Gasteiger partial charge in [0.25, 0.3) is 0 Å². The standard InChI is InChI=1S/C28H30N2O5S2/c31-26(29-33)19-28(15-16-30(17-18-37(28,34)35)27(32)23-7-4-8-23)25-14-13-24(36-25)22-11-9-21(10-12-22)20-5-2-1-3-6-20/h1-3,5-6,9-14,23,33H,4,7-8,15-19H2,(H,29,31). The molecule has 9 heteroatoms. The van der Waals surface area contributed by atoms with Crippen molar-refractivity contribution >= 4 is 33.0 Å². The Balaban J connectivity index is 1.47. The van der Waals surface area contributed by atoms with Crippen LogP contribution in [0.3, 0.4) is 0 Å². The van der Waals surface area contributed by atoms with E-state index in [9.17, 15) is 23.2 Å². The summed E-state index contributed by atoms with van der Waals surface area (Å²) in [6.45, 7) is 0.381. The van der Waals surface area contributed by atoms with Crippen LogP contribution in [-0.4, -0.2) is 49.2 Å². The number of hydroxylamine groups is 1. The largest absolute Gasteiger partial charge is 0.341 e. The molecule has 1 saturated carbocycles. The van der Waals surface area contributed by atoms with Gasteiger partial charge in [-0.15, -0.1) is 11.3 Å². The molecule has 0 bridgehead atoms. The first-order chi connectivity index (χ1) is 17.8. The van der Waals surface area contributed by atoms with Gasteiger partial charge >= 0.3 is 0 Å². The van der Waals surface area contributed by atoms with Crippen LogP contribution in [0.2, 0.25) is 0 Å². The van der Waals surface area contributed by atoms with Gasteiger partial charge in [0.15, 0.2) is 9.84 Å². The number of amides is 2. The summed E-state index contributed by atoms with van der Waals surface area (Å²) in [5, 5.41) is 9.27. The predicted octanol–water partition coefficient (Wildman–Crippen LogP) is 4.62. The van der Waals surface area contributed by atoms with Crippen LogP contribution in [0.1, 0.15) is 37.0 Å². The van der Waals surface area contributed by atoms with Crippen LogP contribution in [0.15, 0.2) is 66.7 Å². The van der Waals surface area contributed by atoms with E-state index in [2.05, 4.69) is 0 Å². The summed E-state index contributed by atoms with van der Waals surface area (Å²) >= 11 is 1.34. The minimum absolute atomic E-state index is 0.00855. The van der Waals surface area contributed by atoms with E-state index in [1.807, 2.05) is 60.7 Å². The van der Waals surface area contributed by atoms with Gasteiger partial charge in [-0.2, -0.15) is 0 Å². The molecular weight excluding hydrogens is 508 g/mol. The van der Waals surface area contributed by atoms with Gasteiger partial charge in [0.1, 0.15) is 4.75 Å². The fourth-order valence-corrected chi connectivity index (χ4v) is 8.81. The van der Waals surface area contributed by atoms with Crippen molar-refractivity contribution in [2.75, 3.05) is 18.8 Å². The molecule has 2 aliphatic rings. The molecule has 2 amide bonds. The average molecular weight is 539 g/mol. The van der Waals surface area contributed by atoms with Crippen molar-refractivity contribution in [1.29, 1.82) is 0 Å². The maximum absolute atomic E-state index is 13.8. The van der Waals surface area contributed by atoms with Crippen molar-refractivity contribution in [2.24, 2.45) is 5.92 Å². The molecule has 2 heterocycles. The van der Waals surface area contributed by atoms with Crippen LogP contribution in [-0.2, 0) is 24.2 Å². The van der Waals surface area contributed by atoms with E-state index in [0.717, 1.165) is 40.8 Å². The number of sulfone groups is 1. The zero-order valence-corrected chi connectivity index (χ0v) is 22.1. The first kappa shape index (κ1) is 25.6. The Morgan fingerprint density at radius 1 is 0.946 bits per heavy atom. The molecule has 0 spiro atoms. The molecule has 1 aliphatic heterocycles. The number of benzene rings is 2. The van der Waals surface area contributed by atoms with Gasteiger partial charge < -0.3 is 4.90 Å². The molecule has 1 atom stereocenters. The van der Waals surface area contributed by atoms with E-state index in [4.69, 9.17) is 0 Å². The molecule has 194 valence electrons. The van der Waals surface area contributed by atoms with Crippen LogP contribution in [0.5, 0.6) is 0 Å². The Morgan fingerprint density at radius 3 is 2.27 bits per heavy atom. The van der Waals surface area contributed by atoms with Crippen LogP contribution in [0.25, 0.3) is 21.6 Å². The summed E-state index contributed by atoms with van der Waals surface area (Å²) in [5.74, 6) is -0.995. The topological polar surface area (TPSA) is 104 Å². The zero-order valence-electron chi connectivity index (χ0n) is 20.4. The Bertz CT molecular complexity index is 1380. The van der Waals surface area contributed by atoms with E-state index >= 15 is 0 Å². The summed E-state index contributed by atoms with van der Waals surface area (Å²) < 4.78 is 26.0.